The van der Waals surface area contributed by atoms with Crippen LogP contribution in [0.3, 0.4) is 0 Å². The lowest BCUT2D eigenvalue weighted by atomic mass is 9.88. The van der Waals surface area contributed by atoms with Gasteiger partial charge in [-0.25, -0.2) is 4.98 Å². The van der Waals surface area contributed by atoms with Crippen molar-refractivity contribution in [2.75, 3.05) is 6.54 Å². The van der Waals surface area contributed by atoms with Crippen molar-refractivity contribution in [2.45, 2.75) is 32.7 Å². The summed E-state index contributed by atoms with van der Waals surface area (Å²) in [5, 5.41) is 0. The van der Waals surface area contributed by atoms with Crippen LogP contribution in [-0.2, 0) is 24.2 Å². The minimum atomic E-state index is 0.0848. The van der Waals surface area contributed by atoms with Crippen molar-refractivity contribution in [1.82, 2.24) is 14.9 Å². The number of nitrogens with one attached hydrogen (secondary N) is 1. The molecule has 1 atom stereocenters. The molecular formula is C17H21N3O. The van der Waals surface area contributed by atoms with Gasteiger partial charge in [-0.15, -0.1) is 0 Å². The van der Waals surface area contributed by atoms with Crippen LogP contribution in [0.25, 0.3) is 0 Å². The van der Waals surface area contributed by atoms with E-state index in [1.807, 2.05) is 30.0 Å². The van der Waals surface area contributed by atoms with Gasteiger partial charge in [-0.3, -0.25) is 4.79 Å². The zero-order chi connectivity index (χ0) is 14.7. The standard InChI is InChI=1S/C17H21N3O/c1-2-20(11-13-6-4-3-5-7-13)17(21)14-8-9-15-16(10-14)19-12-18-15/h3-7,12,14H,2,8-11H2,1H3,(H,18,19). The highest BCUT2D eigenvalue weighted by atomic mass is 16.2. The van der Waals surface area contributed by atoms with Gasteiger partial charge in [-0.05, 0) is 25.3 Å². The van der Waals surface area contributed by atoms with Crippen LogP contribution in [-0.4, -0.2) is 27.3 Å². The normalized spacial score (nSPS) is 17.3. The van der Waals surface area contributed by atoms with Crippen LogP contribution < -0.4 is 0 Å². The Hall–Kier alpha value is -2.10. The molecule has 4 nitrogen and oxygen atoms in total. The van der Waals surface area contributed by atoms with Crippen molar-refractivity contribution in [2.24, 2.45) is 5.92 Å². The molecule has 0 saturated heterocycles. The van der Waals surface area contributed by atoms with Crippen LogP contribution in [0.1, 0.15) is 30.3 Å². The predicted octanol–water partition coefficient (Wildman–Crippen LogP) is 2.56. The second-order valence-corrected chi connectivity index (χ2v) is 5.61. The zero-order valence-electron chi connectivity index (χ0n) is 12.4. The van der Waals surface area contributed by atoms with E-state index < -0.39 is 0 Å². The Kier molecular flexibility index (Phi) is 4.04. The van der Waals surface area contributed by atoms with Crippen LogP contribution in [0, 0.1) is 5.92 Å². The molecule has 110 valence electrons. The van der Waals surface area contributed by atoms with Gasteiger partial charge in [0.1, 0.15) is 0 Å². The van der Waals surface area contributed by atoms with Gasteiger partial charge >= 0.3 is 0 Å². The Labute approximate surface area is 125 Å². The number of carbonyl (C=O) groups is 1. The minimum absolute atomic E-state index is 0.0848. The number of hydrogen-bond acceptors (Lipinski definition) is 2. The quantitative estimate of drug-likeness (QED) is 0.937. The van der Waals surface area contributed by atoms with Crippen molar-refractivity contribution in [1.29, 1.82) is 0 Å². The Bertz CT molecular complexity index is 606. The summed E-state index contributed by atoms with van der Waals surface area (Å²) in [6, 6.07) is 10.2. The molecule has 0 saturated carbocycles. The second-order valence-electron chi connectivity index (χ2n) is 5.61. The maximum absolute atomic E-state index is 12.8. The highest BCUT2D eigenvalue weighted by Gasteiger charge is 2.29. The summed E-state index contributed by atoms with van der Waals surface area (Å²) >= 11 is 0. The van der Waals surface area contributed by atoms with Crippen LogP contribution in [0.15, 0.2) is 36.7 Å². The third-order valence-electron chi connectivity index (χ3n) is 4.25. The number of aryl methyl sites for hydroxylation is 1. The van der Waals surface area contributed by atoms with Crippen LogP contribution in [0.4, 0.5) is 0 Å². The lowest BCUT2D eigenvalue weighted by Crippen LogP contribution is -2.38. The van der Waals surface area contributed by atoms with Gasteiger partial charge in [0.25, 0.3) is 0 Å². The molecule has 1 aromatic carbocycles. The molecule has 0 radical (unpaired) electrons. The molecule has 1 aromatic heterocycles. The van der Waals surface area contributed by atoms with E-state index in [1.54, 1.807) is 6.33 Å². The summed E-state index contributed by atoms with van der Waals surface area (Å²) in [4.78, 5) is 22.2. The van der Waals surface area contributed by atoms with Gasteiger partial charge in [0.05, 0.1) is 12.0 Å². The topological polar surface area (TPSA) is 49.0 Å². The molecular weight excluding hydrogens is 262 g/mol. The molecule has 0 aliphatic heterocycles. The molecule has 1 unspecified atom stereocenters. The fraction of sp³-hybridized carbons (Fsp3) is 0.412. The average molecular weight is 283 g/mol. The molecule has 1 aliphatic rings. The molecule has 1 heterocycles. The van der Waals surface area contributed by atoms with Crippen LogP contribution in [0.5, 0.6) is 0 Å². The first kappa shape index (κ1) is 13.9. The smallest absolute Gasteiger partial charge is 0.226 e. The van der Waals surface area contributed by atoms with E-state index in [-0.39, 0.29) is 11.8 Å². The van der Waals surface area contributed by atoms with Crippen molar-refractivity contribution >= 4 is 5.91 Å². The van der Waals surface area contributed by atoms with Gasteiger partial charge in [0.15, 0.2) is 0 Å². The lowest BCUT2D eigenvalue weighted by molar-refractivity contribution is -0.136. The molecule has 1 amide bonds. The lowest BCUT2D eigenvalue weighted by Gasteiger charge is -2.28. The molecule has 21 heavy (non-hydrogen) atoms. The van der Waals surface area contributed by atoms with E-state index in [0.717, 1.165) is 37.2 Å². The molecule has 4 heteroatoms. The number of H-pyrrole nitrogens is 1. The maximum Gasteiger partial charge on any atom is 0.226 e. The predicted molar refractivity (Wildman–Crippen MR) is 81.6 cm³/mol. The molecule has 0 fully saturated rings. The number of aromatic amines is 1. The first-order valence-corrected chi connectivity index (χ1v) is 7.61. The van der Waals surface area contributed by atoms with E-state index >= 15 is 0 Å². The van der Waals surface area contributed by atoms with E-state index in [9.17, 15) is 4.79 Å². The Morgan fingerprint density at radius 1 is 1.38 bits per heavy atom. The number of hydrogen-bond donors (Lipinski definition) is 1. The van der Waals surface area contributed by atoms with Gasteiger partial charge < -0.3 is 9.88 Å². The van der Waals surface area contributed by atoms with Gasteiger partial charge in [-0.2, -0.15) is 0 Å². The Balaban J connectivity index is 1.68. The monoisotopic (exact) mass is 283 g/mol. The number of fused-ring (bicyclic) bond motifs is 1. The summed E-state index contributed by atoms with van der Waals surface area (Å²) in [7, 11) is 0. The van der Waals surface area contributed by atoms with Gasteiger partial charge in [0.2, 0.25) is 5.91 Å². The maximum atomic E-state index is 12.8. The second kappa shape index (κ2) is 6.12. The average Bonchev–Trinajstić information content (AvgIpc) is 3.00. The summed E-state index contributed by atoms with van der Waals surface area (Å²) in [5.41, 5.74) is 3.45. The summed E-state index contributed by atoms with van der Waals surface area (Å²) in [6.07, 6.45) is 4.33. The van der Waals surface area contributed by atoms with Crippen LogP contribution in [0.2, 0.25) is 0 Å². The molecule has 0 spiro atoms. The summed E-state index contributed by atoms with van der Waals surface area (Å²) < 4.78 is 0. The number of amides is 1. The van der Waals surface area contributed by atoms with Gasteiger partial charge in [0, 0.05) is 31.1 Å². The van der Waals surface area contributed by atoms with Crippen molar-refractivity contribution in [3.63, 3.8) is 0 Å². The summed E-state index contributed by atoms with van der Waals surface area (Å²) in [5.74, 6) is 0.350. The van der Waals surface area contributed by atoms with Gasteiger partial charge in [-0.1, -0.05) is 30.3 Å². The van der Waals surface area contributed by atoms with E-state index in [4.69, 9.17) is 0 Å². The number of benzene rings is 1. The highest BCUT2D eigenvalue weighted by molar-refractivity contribution is 5.79. The van der Waals surface area contributed by atoms with Crippen molar-refractivity contribution in [3.05, 3.63) is 53.6 Å². The van der Waals surface area contributed by atoms with E-state index in [0.29, 0.717) is 6.54 Å². The SMILES string of the molecule is CCN(Cc1ccccc1)C(=O)C1CCc2nc[nH]c2C1. The molecule has 0 bridgehead atoms. The Morgan fingerprint density at radius 3 is 2.95 bits per heavy atom. The molecule has 1 N–H and O–H groups in total. The van der Waals surface area contributed by atoms with E-state index in [2.05, 4.69) is 22.1 Å². The molecule has 2 aromatic rings. The number of imidazole rings is 1. The number of rotatable bonds is 4. The molecule has 1 aliphatic carbocycles. The fourth-order valence-corrected chi connectivity index (χ4v) is 3.02. The van der Waals surface area contributed by atoms with Crippen molar-refractivity contribution < 1.29 is 4.79 Å². The Morgan fingerprint density at radius 2 is 2.19 bits per heavy atom. The third kappa shape index (κ3) is 2.99. The third-order valence-corrected chi connectivity index (χ3v) is 4.25. The minimum Gasteiger partial charge on any atom is -0.348 e. The number of carbonyl (C=O) groups excluding carboxylic acids is 1. The fourth-order valence-electron chi connectivity index (χ4n) is 3.02. The zero-order valence-corrected chi connectivity index (χ0v) is 12.4. The largest absolute Gasteiger partial charge is 0.348 e. The highest BCUT2D eigenvalue weighted by Crippen LogP contribution is 2.25. The van der Waals surface area contributed by atoms with Crippen molar-refractivity contribution in [3.8, 4) is 0 Å². The number of nitrogens with zero attached hydrogens (tertiary/aromatic N) is 2. The number of aromatic nitrogens is 2. The summed E-state index contributed by atoms with van der Waals surface area (Å²) in [6.45, 7) is 3.49. The first-order valence-electron chi connectivity index (χ1n) is 7.61. The van der Waals surface area contributed by atoms with E-state index in [1.165, 1.54) is 5.56 Å². The van der Waals surface area contributed by atoms with Crippen LogP contribution >= 0.6 is 0 Å². The molecule has 3 rings (SSSR count). The first-order chi connectivity index (χ1) is 10.3.